The van der Waals surface area contributed by atoms with E-state index in [9.17, 15) is 4.39 Å². The molecule has 1 aromatic carbocycles. The van der Waals surface area contributed by atoms with E-state index in [0.29, 0.717) is 10.0 Å². The number of hydrogen-bond acceptors (Lipinski definition) is 2. The molecule has 0 unspecified atom stereocenters. The maximum absolute atomic E-state index is 12.7. The van der Waals surface area contributed by atoms with Crippen LogP contribution in [0.15, 0.2) is 16.6 Å². The topological polar surface area (TPSA) is 46.2 Å². The Kier molecular flexibility index (Phi) is 2.46. The molecule has 0 radical (unpaired) electrons. The third kappa shape index (κ3) is 1.70. The molecular weight excluding hydrogens is 213 g/mol. The SMILES string of the molecule is NCc1cc(Br)cc(F)c1O. The van der Waals surface area contributed by atoms with E-state index in [2.05, 4.69) is 15.9 Å². The van der Waals surface area contributed by atoms with Gasteiger partial charge in [0, 0.05) is 16.6 Å². The van der Waals surface area contributed by atoms with Crippen molar-refractivity contribution in [1.82, 2.24) is 0 Å². The molecule has 2 nitrogen and oxygen atoms in total. The summed E-state index contributed by atoms with van der Waals surface area (Å²) in [5.74, 6) is -1.02. The van der Waals surface area contributed by atoms with Gasteiger partial charge in [-0.05, 0) is 12.1 Å². The van der Waals surface area contributed by atoms with Gasteiger partial charge in [0.2, 0.25) is 0 Å². The maximum atomic E-state index is 12.7. The summed E-state index contributed by atoms with van der Waals surface area (Å²) >= 11 is 3.08. The van der Waals surface area contributed by atoms with Crippen molar-refractivity contribution in [3.8, 4) is 5.75 Å². The molecule has 0 amide bonds. The lowest BCUT2D eigenvalue weighted by atomic mass is 10.2. The van der Waals surface area contributed by atoms with Crippen LogP contribution < -0.4 is 5.73 Å². The van der Waals surface area contributed by atoms with Crippen LogP contribution in [0.1, 0.15) is 5.56 Å². The summed E-state index contributed by atoms with van der Waals surface area (Å²) in [5.41, 5.74) is 5.64. The van der Waals surface area contributed by atoms with Crippen LogP contribution in [0.2, 0.25) is 0 Å². The van der Waals surface area contributed by atoms with Gasteiger partial charge in [-0.25, -0.2) is 4.39 Å². The summed E-state index contributed by atoms with van der Waals surface area (Å²) in [4.78, 5) is 0. The van der Waals surface area contributed by atoms with Gasteiger partial charge >= 0.3 is 0 Å². The van der Waals surface area contributed by atoms with Gasteiger partial charge in [-0.1, -0.05) is 15.9 Å². The molecule has 11 heavy (non-hydrogen) atoms. The first-order valence-corrected chi connectivity index (χ1v) is 3.81. The standard InChI is InChI=1S/C7H7BrFNO/c8-5-1-4(3-10)7(11)6(9)2-5/h1-2,11H,3,10H2. The predicted octanol–water partition coefficient (Wildman–Crippen LogP) is 1.75. The molecule has 0 heterocycles. The Morgan fingerprint density at radius 3 is 2.73 bits per heavy atom. The molecule has 0 aromatic heterocycles. The number of rotatable bonds is 1. The highest BCUT2D eigenvalue weighted by atomic mass is 79.9. The van der Waals surface area contributed by atoms with Crippen LogP contribution in [-0.4, -0.2) is 5.11 Å². The molecule has 0 spiro atoms. The molecule has 0 saturated carbocycles. The Morgan fingerprint density at radius 2 is 2.18 bits per heavy atom. The molecule has 0 aliphatic carbocycles. The summed E-state index contributed by atoms with van der Waals surface area (Å²) in [6, 6.07) is 2.77. The molecule has 0 saturated heterocycles. The smallest absolute Gasteiger partial charge is 0.166 e. The van der Waals surface area contributed by atoms with Gasteiger partial charge in [-0.3, -0.25) is 0 Å². The quantitative estimate of drug-likeness (QED) is 0.757. The fourth-order valence-corrected chi connectivity index (χ4v) is 1.25. The van der Waals surface area contributed by atoms with E-state index in [1.54, 1.807) is 6.07 Å². The number of benzene rings is 1. The molecule has 1 aromatic rings. The predicted molar refractivity (Wildman–Crippen MR) is 43.7 cm³/mol. The Bertz CT molecular complexity index is 277. The average molecular weight is 220 g/mol. The van der Waals surface area contributed by atoms with Crippen LogP contribution in [0.25, 0.3) is 0 Å². The number of phenols is 1. The Labute approximate surface area is 72.0 Å². The zero-order valence-corrected chi connectivity index (χ0v) is 7.23. The van der Waals surface area contributed by atoms with Gasteiger partial charge in [0.25, 0.3) is 0 Å². The van der Waals surface area contributed by atoms with Crippen LogP contribution in [0.3, 0.4) is 0 Å². The van der Waals surface area contributed by atoms with E-state index in [4.69, 9.17) is 10.8 Å². The van der Waals surface area contributed by atoms with E-state index < -0.39 is 5.82 Å². The van der Waals surface area contributed by atoms with E-state index >= 15 is 0 Å². The van der Waals surface area contributed by atoms with Crippen LogP contribution in [0.5, 0.6) is 5.75 Å². The molecular formula is C7H7BrFNO. The van der Waals surface area contributed by atoms with Crippen molar-refractivity contribution in [2.45, 2.75) is 6.54 Å². The van der Waals surface area contributed by atoms with Crippen molar-refractivity contribution >= 4 is 15.9 Å². The fourth-order valence-electron chi connectivity index (χ4n) is 0.775. The Hall–Kier alpha value is -0.610. The van der Waals surface area contributed by atoms with Crippen molar-refractivity contribution in [3.05, 3.63) is 28.0 Å². The van der Waals surface area contributed by atoms with Crippen molar-refractivity contribution in [3.63, 3.8) is 0 Å². The molecule has 1 rings (SSSR count). The molecule has 3 N–H and O–H groups in total. The molecule has 60 valence electrons. The van der Waals surface area contributed by atoms with Gasteiger partial charge in [0.05, 0.1) is 0 Å². The van der Waals surface area contributed by atoms with Crippen LogP contribution >= 0.6 is 15.9 Å². The zero-order valence-electron chi connectivity index (χ0n) is 5.64. The van der Waals surface area contributed by atoms with Crippen molar-refractivity contribution in [1.29, 1.82) is 0 Å². The molecule has 0 atom stereocenters. The van der Waals surface area contributed by atoms with Crippen LogP contribution in [0.4, 0.5) is 4.39 Å². The van der Waals surface area contributed by atoms with Gasteiger partial charge in [-0.2, -0.15) is 0 Å². The third-order valence-corrected chi connectivity index (χ3v) is 1.78. The average Bonchev–Trinajstić information content (AvgIpc) is 1.96. The summed E-state index contributed by atoms with van der Waals surface area (Å²) < 4.78 is 13.3. The van der Waals surface area contributed by atoms with E-state index in [-0.39, 0.29) is 12.3 Å². The fraction of sp³-hybridized carbons (Fsp3) is 0.143. The highest BCUT2D eigenvalue weighted by molar-refractivity contribution is 9.10. The number of phenolic OH excluding ortho intramolecular Hbond substituents is 1. The molecule has 4 heteroatoms. The van der Waals surface area contributed by atoms with Gasteiger partial charge in [0.1, 0.15) is 0 Å². The minimum atomic E-state index is -0.653. The number of aromatic hydroxyl groups is 1. The van der Waals surface area contributed by atoms with Gasteiger partial charge in [0.15, 0.2) is 11.6 Å². The maximum Gasteiger partial charge on any atom is 0.166 e. The second-order valence-electron chi connectivity index (χ2n) is 2.10. The van der Waals surface area contributed by atoms with Crippen LogP contribution in [-0.2, 0) is 6.54 Å². The Morgan fingerprint density at radius 1 is 1.55 bits per heavy atom. The highest BCUT2D eigenvalue weighted by Crippen LogP contribution is 2.25. The third-order valence-electron chi connectivity index (χ3n) is 1.33. The van der Waals surface area contributed by atoms with Crippen LogP contribution in [0, 0.1) is 5.82 Å². The summed E-state index contributed by atoms with van der Waals surface area (Å²) in [6.45, 7) is 0.127. The second-order valence-corrected chi connectivity index (χ2v) is 3.02. The lowest BCUT2D eigenvalue weighted by Crippen LogP contribution is -1.97. The number of hydrogen-bond donors (Lipinski definition) is 2. The van der Waals surface area contributed by atoms with E-state index in [1.165, 1.54) is 6.07 Å². The monoisotopic (exact) mass is 219 g/mol. The molecule has 0 aliphatic rings. The van der Waals surface area contributed by atoms with E-state index in [1.807, 2.05) is 0 Å². The van der Waals surface area contributed by atoms with Gasteiger partial charge < -0.3 is 10.8 Å². The first kappa shape index (κ1) is 8.49. The summed E-state index contributed by atoms with van der Waals surface area (Å²) in [7, 11) is 0. The summed E-state index contributed by atoms with van der Waals surface area (Å²) in [5, 5.41) is 9.05. The normalized spacial score (nSPS) is 10.1. The largest absolute Gasteiger partial charge is 0.505 e. The molecule has 0 aliphatic heterocycles. The second kappa shape index (κ2) is 3.19. The first-order valence-electron chi connectivity index (χ1n) is 3.02. The molecule has 0 bridgehead atoms. The lowest BCUT2D eigenvalue weighted by molar-refractivity contribution is 0.426. The minimum absolute atomic E-state index is 0.127. The zero-order chi connectivity index (χ0) is 8.43. The van der Waals surface area contributed by atoms with Gasteiger partial charge in [-0.15, -0.1) is 0 Å². The van der Waals surface area contributed by atoms with Crippen molar-refractivity contribution < 1.29 is 9.50 Å². The van der Waals surface area contributed by atoms with Crippen molar-refractivity contribution in [2.24, 2.45) is 5.73 Å². The first-order chi connectivity index (χ1) is 5.15. The molecule has 0 fully saturated rings. The lowest BCUT2D eigenvalue weighted by Gasteiger charge is -2.02. The number of halogens is 2. The Balaban J connectivity index is 3.24. The highest BCUT2D eigenvalue weighted by Gasteiger charge is 2.06. The summed E-state index contributed by atoms with van der Waals surface area (Å²) in [6.07, 6.45) is 0. The van der Waals surface area contributed by atoms with E-state index in [0.717, 1.165) is 0 Å². The number of nitrogens with two attached hydrogens (primary N) is 1. The minimum Gasteiger partial charge on any atom is -0.505 e. The van der Waals surface area contributed by atoms with Crippen molar-refractivity contribution in [2.75, 3.05) is 0 Å².